The third kappa shape index (κ3) is 9.83. The predicted octanol–water partition coefficient (Wildman–Crippen LogP) is 4.75. The second-order valence-electron chi connectivity index (χ2n) is 4.86. The molecule has 3 heteroatoms. The minimum atomic E-state index is 0.0404. The van der Waals surface area contributed by atoms with Crippen molar-refractivity contribution in [3.63, 3.8) is 0 Å². The lowest BCUT2D eigenvalue weighted by Gasteiger charge is -2.06. The number of carbonyl (C=O) groups is 2. The third-order valence-corrected chi connectivity index (χ3v) is 3.03. The van der Waals surface area contributed by atoms with Crippen molar-refractivity contribution in [3.8, 4) is 0 Å². The summed E-state index contributed by atoms with van der Waals surface area (Å²) >= 11 is 0. The molecule has 1 aromatic carbocycles. The zero-order valence-corrected chi connectivity index (χ0v) is 13.9. The number of amides is 1. The Morgan fingerprint density at radius 2 is 1.81 bits per heavy atom. The van der Waals surface area contributed by atoms with Crippen LogP contribution in [0.25, 0.3) is 0 Å². The van der Waals surface area contributed by atoms with E-state index in [0.29, 0.717) is 12.8 Å². The summed E-state index contributed by atoms with van der Waals surface area (Å²) in [4.78, 5) is 22.1. The SMILES string of the molecule is CC.CCC(=O)Nc1cccc(CCCCCC(C)=O)c1. The quantitative estimate of drug-likeness (QED) is 0.702. The fourth-order valence-corrected chi connectivity index (χ4v) is 1.93. The minimum Gasteiger partial charge on any atom is -0.326 e. The van der Waals surface area contributed by atoms with E-state index in [0.717, 1.165) is 31.4 Å². The monoisotopic (exact) mass is 291 g/mol. The number of benzene rings is 1. The van der Waals surface area contributed by atoms with E-state index in [2.05, 4.69) is 11.4 Å². The number of carbonyl (C=O) groups excluding carboxylic acids is 2. The first-order chi connectivity index (χ1) is 10.1. The van der Waals surface area contributed by atoms with Gasteiger partial charge in [-0.1, -0.05) is 39.3 Å². The normalized spacial score (nSPS) is 9.52. The Labute approximate surface area is 129 Å². The number of Topliss-reactive ketones (excluding diaryl/α,β-unsaturated/α-hetero) is 1. The number of unbranched alkanes of at least 4 members (excludes halogenated alkanes) is 2. The van der Waals surface area contributed by atoms with E-state index in [1.165, 1.54) is 5.56 Å². The first kappa shape index (κ1) is 19.4. The molecular weight excluding hydrogens is 262 g/mol. The van der Waals surface area contributed by atoms with E-state index < -0.39 is 0 Å². The van der Waals surface area contributed by atoms with Gasteiger partial charge in [-0.2, -0.15) is 0 Å². The first-order valence-electron chi connectivity index (χ1n) is 8.00. The Bertz CT molecular complexity index is 427. The Balaban J connectivity index is 0.00000191. The van der Waals surface area contributed by atoms with Gasteiger partial charge < -0.3 is 10.1 Å². The molecule has 1 aromatic rings. The van der Waals surface area contributed by atoms with Crippen molar-refractivity contribution in [2.45, 2.75) is 66.2 Å². The molecule has 0 saturated heterocycles. The van der Waals surface area contributed by atoms with Crippen LogP contribution in [-0.2, 0) is 16.0 Å². The maximum atomic E-state index is 11.3. The zero-order valence-electron chi connectivity index (χ0n) is 13.9. The van der Waals surface area contributed by atoms with Crippen LogP contribution in [0, 0.1) is 0 Å². The molecule has 118 valence electrons. The second-order valence-corrected chi connectivity index (χ2v) is 4.86. The van der Waals surface area contributed by atoms with Gasteiger partial charge in [0.15, 0.2) is 0 Å². The molecule has 0 bridgehead atoms. The molecule has 0 atom stereocenters. The highest BCUT2D eigenvalue weighted by atomic mass is 16.1. The van der Waals surface area contributed by atoms with Crippen LogP contribution < -0.4 is 5.32 Å². The van der Waals surface area contributed by atoms with Gasteiger partial charge in [0.1, 0.15) is 5.78 Å². The number of rotatable bonds is 8. The Hall–Kier alpha value is -1.64. The van der Waals surface area contributed by atoms with Crippen molar-refractivity contribution in [2.75, 3.05) is 5.32 Å². The molecule has 0 radical (unpaired) electrons. The Morgan fingerprint density at radius 3 is 2.43 bits per heavy atom. The maximum Gasteiger partial charge on any atom is 0.224 e. The van der Waals surface area contributed by atoms with Gasteiger partial charge in [0.25, 0.3) is 0 Å². The van der Waals surface area contributed by atoms with E-state index in [4.69, 9.17) is 0 Å². The van der Waals surface area contributed by atoms with Gasteiger partial charge in [-0.3, -0.25) is 4.79 Å². The molecule has 0 aliphatic rings. The molecule has 0 aromatic heterocycles. The van der Waals surface area contributed by atoms with Gasteiger partial charge in [-0.25, -0.2) is 0 Å². The largest absolute Gasteiger partial charge is 0.326 e. The first-order valence-corrected chi connectivity index (χ1v) is 8.00. The summed E-state index contributed by atoms with van der Waals surface area (Å²) in [5.74, 6) is 0.308. The van der Waals surface area contributed by atoms with E-state index in [9.17, 15) is 9.59 Å². The number of nitrogens with one attached hydrogen (secondary N) is 1. The zero-order chi connectivity index (χ0) is 16.1. The van der Waals surface area contributed by atoms with E-state index >= 15 is 0 Å². The summed E-state index contributed by atoms with van der Waals surface area (Å²) in [5.41, 5.74) is 2.10. The highest BCUT2D eigenvalue weighted by Gasteiger charge is 2.00. The van der Waals surface area contributed by atoms with Gasteiger partial charge in [0.05, 0.1) is 0 Å². The lowest BCUT2D eigenvalue weighted by molar-refractivity contribution is -0.117. The number of aryl methyl sites for hydroxylation is 1. The van der Waals surface area contributed by atoms with Gasteiger partial charge >= 0.3 is 0 Å². The third-order valence-electron chi connectivity index (χ3n) is 3.03. The molecule has 0 heterocycles. The Morgan fingerprint density at radius 1 is 1.10 bits per heavy atom. The van der Waals surface area contributed by atoms with Gasteiger partial charge in [-0.15, -0.1) is 0 Å². The van der Waals surface area contributed by atoms with Crippen LogP contribution in [0.2, 0.25) is 0 Å². The van der Waals surface area contributed by atoms with Gasteiger partial charge in [0, 0.05) is 18.5 Å². The van der Waals surface area contributed by atoms with Crippen LogP contribution in [0.4, 0.5) is 5.69 Å². The molecule has 1 rings (SSSR count). The van der Waals surface area contributed by atoms with Crippen molar-refractivity contribution in [2.24, 2.45) is 0 Å². The molecule has 0 aliphatic carbocycles. The molecular formula is C18H29NO2. The Kier molecular flexibility index (Phi) is 11.2. The van der Waals surface area contributed by atoms with Crippen LogP contribution in [0.15, 0.2) is 24.3 Å². The van der Waals surface area contributed by atoms with Crippen molar-refractivity contribution in [3.05, 3.63) is 29.8 Å². The molecule has 21 heavy (non-hydrogen) atoms. The lowest BCUT2D eigenvalue weighted by Crippen LogP contribution is -2.09. The number of ketones is 1. The standard InChI is InChI=1S/C16H23NO2.C2H6/c1-3-16(19)17-15-11-7-10-14(12-15)9-6-4-5-8-13(2)18;1-2/h7,10-12H,3-6,8-9H2,1-2H3,(H,17,19);1-2H3. The number of anilines is 1. The molecule has 1 N–H and O–H groups in total. The topological polar surface area (TPSA) is 46.2 Å². The lowest BCUT2D eigenvalue weighted by atomic mass is 10.0. The fourth-order valence-electron chi connectivity index (χ4n) is 1.93. The summed E-state index contributed by atoms with van der Waals surface area (Å²) in [7, 11) is 0. The van der Waals surface area contributed by atoms with E-state index in [-0.39, 0.29) is 11.7 Å². The average molecular weight is 291 g/mol. The highest BCUT2D eigenvalue weighted by molar-refractivity contribution is 5.90. The smallest absolute Gasteiger partial charge is 0.224 e. The van der Waals surface area contributed by atoms with E-state index in [1.807, 2.05) is 39.0 Å². The summed E-state index contributed by atoms with van der Waals surface area (Å²) in [6, 6.07) is 7.98. The molecule has 0 unspecified atom stereocenters. The van der Waals surface area contributed by atoms with Crippen LogP contribution in [-0.4, -0.2) is 11.7 Å². The highest BCUT2D eigenvalue weighted by Crippen LogP contribution is 2.14. The van der Waals surface area contributed by atoms with Crippen LogP contribution in [0.5, 0.6) is 0 Å². The van der Waals surface area contributed by atoms with Crippen molar-refractivity contribution in [1.82, 2.24) is 0 Å². The molecule has 1 amide bonds. The maximum absolute atomic E-state index is 11.3. The number of hydrogen-bond donors (Lipinski definition) is 1. The van der Waals surface area contributed by atoms with Gasteiger partial charge in [0.2, 0.25) is 5.91 Å². The summed E-state index contributed by atoms with van der Waals surface area (Å²) < 4.78 is 0. The molecule has 0 fully saturated rings. The number of hydrogen-bond acceptors (Lipinski definition) is 2. The van der Waals surface area contributed by atoms with E-state index in [1.54, 1.807) is 6.92 Å². The van der Waals surface area contributed by atoms with Crippen molar-refractivity contribution >= 4 is 17.4 Å². The van der Waals surface area contributed by atoms with Crippen molar-refractivity contribution < 1.29 is 9.59 Å². The second kappa shape index (κ2) is 12.1. The summed E-state index contributed by atoms with van der Waals surface area (Å²) in [6.07, 6.45) is 5.31. The molecule has 0 saturated carbocycles. The minimum absolute atomic E-state index is 0.0404. The average Bonchev–Trinajstić information content (AvgIpc) is 2.49. The van der Waals surface area contributed by atoms with Crippen LogP contribution in [0.3, 0.4) is 0 Å². The summed E-state index contributed by atoms with van der Waals surface area (Å²) in [5, 5.41) is 2.86. The predicted molar refractivity (Wildman–Crippen MR) is 89.6 cm³/mol. The molecule has 3 nitrogen and oxygen atoms in total. The van der Waals surface area contributed by atoms with Crippen molar-refractivity contribution in [1.29, 1.82) is 0 Å². The molecule has 0 spiro atoms. The summed E-state index contributed by atoms with van der Waals surface area (Å²) in [6.45, 7) is 7.48. The van der Waals surface area contributed by atoms with Gasteiger partial charge in [-0.05, 0) is 43.9 Å². The van der Waals surface area contributed by atoms with Crippen LogP contribution >= 0.6 is 0 Å². The van der Waals surface area contributed by atoms with Crippen LogP contribution in [0.1, 0.15) is 65.4 Å². The fraction of sp³-hybridized carbons (Fsp3) is 0.556. The molecule has 0 aliphatic heterocycles.